The molecule has 1 aromatic rings. The van der Waals surface area contributed by atoms with Gasteiger partial charge in [0.2, 0.25) is 0 Å². The van der Waals surface area contributed by atoms with Crippen molar-refractivity contribution in [3.05, 3.63) is 40.9 Å². The standard InChI is InChI=1S/C14H17BrO3/c1-2-3-4-5-6-9-18-13-8-7-11(15)10-12(13)14(16)17/h2,7-8,10H,1,3-6,9H2,(H,16,17). The van der Waals surface area contributed by atoms with Gasteiger partial charge in [-0.25, -0.2) is 4.79 Å². The number of hydrogen-bond donors (Lipinski definition) is 1. The van der Waals surface area contributed by atoms with Crippen molar-refractivity contribution in [1.82, 2.24) is 0 Å². The van der Waals surface area contributed by atoms with E-state index in [1.165, 1.54) is 0 Å². The molecule has 0 spiro atoms. The summed E-state index contributed by atoms with van der Waals surface area (Å²) in [5.41, 5.74) is 0.190. The summed E-state index contributed by atoms with van der Waals surface area (Å²) >= 11 is 3.25. The SMILES string of the molecule is C=CCCCCCOc1ccc(Br)cc1C(=O)O. The Morgan fingerprint density at radius 2 is 2.17 bits per heavy atom. The van der Waals surface area contributed by atoms with E-state index in [1.807, 2.05) is 6.08 Å². The minimum Gasteiger partial charge on any atom is -0.493 e. The minimum atomic E-state index is -0.974. The Kier molecular flexibility index (Phi) is 6.50. The van der Waals surface area contributed by atoms with E-state index in [4.69, 9.17) is 9.84 Å². The van der Waals surface area contributed by atoms with Crippen LogP contribution in [0, 0.1) is 0 Å². The van der Waals surface area contributed by atoms with Crippen molar-refractivity contribution in [3.63, 3.8) is 0 Å². The van der Waals surface area contributed by atoms with Crippen LogP contribution in [0.4, 0.5) is 0 Å². The maximum Gasteiger partial charge on any atom is 0.339 e. The molecule has 0 aliphatic rings. The lowest BCUT2D eigenvalue weighted by Crippen LogP contribution is -2.04. The zero-order chi connectivity index (χ0) is 13.4. The van der Waals surface area contributed by atoms with Gasteiger partial charge in [-0.3, -0.25) is 0 Å². The Morgan fingerprint density at radius 3 is 2.83 bits per heavy atom. The number of carboxylic acid groups (broad SMARTS) is 1. The molecule has 0 amide bonds. The monoisotopic (exact) mass is 312 g/mol. The first-order valence-electron chi connectivity index (χ1n) is 5.91. The topological polar surface area (TPSA) is 46.5 Å². The van der Waals surface area contributed by atoms with Crippen molar-refractivity contribution in [2.75, 3.05) is 6.61 Å². The molecule has 0 bridgehead atoms. The molecule has 0 saturated carbocycles. The second-order valence-electron chi connectivity index (χ2n) is 3.93. The molecule has 0 aliphatic carbocycles. The number of carboxylic acids is 1. The molecule has 4 heteroatoms. The third kappa shape index (κ3) is 4.92. The normalized spacial score (nSPS) is 10.1. The molecule has 1 N–H and O–H groups in total. The summed E-state index contributed by atoms with van der Waals surface area (Å²) in [6.45, 7) is 4.21. The van der Waals surface area contributed by atoms with Crippen LogP contribution < -0.4 is 4.74 Å². The average Bonchev–Trinajstić information content (AvgIpc) is 2.35. The van der Waals surface area contributed by atoms with Crippen LogP contribution in [0.3, 0.4) is 0 Å². The molecule has 18 heavy (non-hydrogen) atoms. The molecule has 0 saturated heterocycles. The van der Waals surface area contributed by atoms with E-state index in [2.05, 4.69) is 22.5 Å². The van der Waals surface area contributed by atoms with Gasteiger partial charge in [-0.05, 0) is 43.9 Å². The van der Waals surface area contributed by atoms with Gasteiger partial charge >= 0.3 is 5.97 Å². The summed E-state index contributed by atoms with van der Waals surface area (Å²) in [5.74, 6) is -0.549. The molecule has 0 radical (unpaired) electrons. The molecule has 98 valence electrons. The van der Waals surface area contributed by atoms with Gasteiger partial charge in [-0.15, -0.1) is 6.58 Å². The van der Waals surface area contributed by atoms with Crippen molar-refractivity contribution in [2.24, 2.45) is 0 Å². The first-order valence-corrected chi connectivity index (χ1v) is 6.71. The van der Waals surface area contributed by atoms with Crippen molar-refractivity contribution >= 4 is 21.9 Å². The largest absolute Gasteiger partial charge is 0.493 e. The van der Waals surface area contributed by atoms with E-state index in [9.17, 15) is 4.79 Å². The molecule has 0 atom stereocenters. The molecule has 0 unspecified atom stereocenters. The van der Waals surface area contributed by atoms with Crippen LogP contribution in [-0.2, 0) is 0 Å². The predicted octanol–water partition coefficient (Wildman–Crippen LogP) is 4.27. The van der Waals surface area contributed by atoms with Crippen LogP contribution in [0.15, 0.2) is 35.3 Å². The summed E-state index contributed by atoms with van der Waals surface area (Å²) < 4.78 is 6.24. The molecule has 3 nitrogen and oxygen atoms in total. The van der Waals surface area contributed by atoms with E-state index in [0.717, 1.165) is 30.2 Å². The summed E-state index contributed by atoms with van der Waals surface area (Å²) in [6, 6.07) is 5.01. The van der Waals surface area contributed by atoms with Gasteiger partial charge in [0.05, 0.1) is 6.61 Å². The zero-order valence-electron chi connectivity index (χ0n) is 10.2. The highest BCUT2D eigenvalue weighted by atomic mass is 79.9. The lowest BCUT2D eigenvalue weighted by Gasteiger charge is -2.09. The predicted molar refractivity (Wildman–Crippen MR) is 75.3 cm³/mol. The molecule has 0 aliphatic heterocycles. The Hall–Kier alpha value is -1.29. The fourth-order valence-electron chi connectivity index (χ4n) is 1.54. The van der Waals surface area contributed by atoms with Gasteiger partial charge in [-0.1, -0.05) is 22.0 Å². The fourth-order valence-corrected chi connectivity index (χ4v) is 1.91. The molecule has 0 heterocycles. The Labute approximate surface area is 116 Å². The van der Waals surface area contributed by atoms with E-state index in [-0.39, 0.29) is 5.56 Å². The highest BCUT2D eigenvalue weighted by molar-refractivity contribution is 9.10. The van der Waals surface area contributed by atoms with Crippen LogP contribution in [0.25, 0.3) is 0 Å². The lowest BCUT2D eigenvalue weighted by atomic mass is 10.2. The van der Waals surface area contributed by atoms with Crippen molar-refractivity contribution < 1.29 is 14.6 Å². The summed E-state index contributed by atoms with van der Waals surface area (Å²) in [6.07, 6.45) is 5.99. The van der Waals surface area contributed by atoms with Crippen molar-refractivity contribution in [1.29, 1.82) is 0 Å². The van der Waals surface area contributed by atoms with Crippen LogP contribution in [-0.4, -0.2) is 17.7 Å². The first kappa shape index (κ1) is 14.8. The van der Waals surface area contributed by atoms with Crippen LogP contribution in [0.1, 0.15) is 36.0 Å². The van der Waals surface area contributed by atoms with Gasteiger partial charge in [-0.2, -0.15) is 0 Å². The number of unbranched alkanes of at least 4 members (excludes halogenated alkanes) is 3. The van der Waals surface area contributed by atoms with E-state index in [1.54, 1.807) is 18.2 Å². The third-order valence-electron chi connectivity index (χ3n) is 2.48. The van der Waals surface area contributed by atoms with Crippen molar-refractivity contribution in [2.45, 2.75) is 25.7 Å². The summed E-state index contributed by atoms with van der Waals surface area (Å²) in [5, 5.41) is 9.05. The Bertz CT molecular complexity index is 416. The molecular weight excluding hydrogens is 296 g/mol. The van der Waals surface area contributed by atoms with Crippen LogP contribution in [0.2, 0.25) is 0 Å². The first-order chi connectivity index (χ1) is 8.65. The Morgan fingerprint density at radius 1 is 1.39 bits per heavy atom. The third-order valence-corrected chi connectivity index (χ3v) is 2.98. The summed E-state index contributed by atoms with van der Waals surface area (Å²) in [4.78, 5) is 11.0. The molecule has 1 rings (SSSR count). The Balaban J connectivity index is 2.46. The van der Waals surface area contributed by atoms with E-state index < -0.39 is 5.97 Å². The second-order valence-corrected chi connectivity index (χ2v) is 4.85. The number of carbonyl (C=O) groups is 1. The smallest absolute Gasteiger partial charge is 0.339 e. The number of hydrogen-bond acceptors (Lipinski definition) is 2. The van der Waals surface area contributed by atoms with Crippen molar-refractivity contribution in [3.8, 4) is 5.75 Å². The number of benzene rings is 1. The van der Waals surface area contributed by atoms with E-state index >= 15 is 0 Å². The molecule has 0 aromatic heterocycles. The number of aromatic carboxylic acids is 1. The van der Waals surface area contributed by atoms with Gasteiger partial charge in [0, 0.05) is 4.47 Å². The quantitative estimate of drug-likeness (QED) is 0.576. The van der Waals surface area contributed by atoms with Crippen LogP contribution >= 0.6 is 15.9 Å². The molecule has 0 fully saturated rings. The second kappa shape index (κ2) is 7.93. The highest BCUT2D eigenvalue weighted by Crippen LogP contribution is 2.23. The van der Waals surface area contributed by atoms with Gasteiger partial charge in [0.25, 0.3) is 0 Å². The van der Waals surface area contributed by atoms with Gasteiger partial charge in [0.15, 0.2) is 0 Å². The summed E-state index contributed by atoms with van der Waals surface area (Å²) in [7, 11) is 0. The molecule has 1 aromatic carbocycles. The minimum absolute atomic E-state index is 0.190. The fraction of sp³-hybridized carbons (Fsp3) is 0.357. The highest BCUT2D eigenvalue weighted by Gasteiger charge is 2.11. The van der Waals surface area contributed by atoms with Gasteiger partial charge in [0.1, 0.15) is 11.3 Å². The average molecular weight is 313 g/mol. The zero-order valence-corrected chi connectivity index (χ0v) is 11.8. The lowest BCUT2D eigenvalue weighted by molar-refractivity contribution is 0.0692. The number of halogens is 1. The van der Waals surface area contributed by atoms with Gasteiger partial charge < -0.3 is 9.84 Å². The molecular formula is C14H17BrO3. The maximum atomic E-state index is 11.0. The van der Waals surface area contributed by atoms with Crippen LogP contribution in [0.5, 0.6) is 5.75 Å². The number of rotatable bonds is 8. The maximum absolute atomic E-state index is 11.0. The van der Waals surface area contributed by atoms with E-state index in [0.29, 0.717) is 12.4 Å². The number of ether oxygens (including phenoxy) is 1. The number of allylic oxidation sites excluding steroid dienone is 1.